The standard InChI is InChI=1S/C11H15F2NO/c1-7-4-5-9(10(6-7)15-3)14-8(2)11(12)13/h4-6,8,11,14H,1-3H3. The van der Waals surface area contributed by atoms with Crippen molar-refractivity contribution in [3.8, 4) is 5.75 Å². The fraction of sp³-hybridized carbons (Fsp3) is 0.455. The summed E-state index contributed by atoms with van der Waals surface area (Å²) < 4.78 is 29.8. The van der Waals surface area contributed by atoms with Crippen molar-refractivity contribution >= 4 is 5.69 Å². The molecule has 0 amide bonds. The molecule has 0 bridgehead atoms. The predicted molar refractivity (Wildman–Crippen MR) is 56.8 cm³/mol. The van der Waals surface area contributed by atoms with Crippen LogP contribution in [0.15, 0.2) is 18.2 Å². The van der Waals surface area contributed by atoms with Crippen molar-refractivity contribution in [1.29, 1.82) is 0 Å². The van der Waals surface area contributed by atoms with Crippen molar-refractivity contribution in [1.82, 2.24) is 0 Å². The number of hydrogen-bond acceptors (Lipinski definition) is 2. The van der Waals surface area contributed by atoms with Gasteiger partial charge in [-0.1, -0.05) is 6.07 Å². The fourth-order valence-corrected chi connectivity index (χ4v) is 1.23. The van der Waals surface area contributed by atoms with Gasteiger partial charge in [0.15, 0.2) is 0 Å². The zero-order chi connectivity index (χ0) is 11.4. The smallest absolute Gasteiger partial charge is 0.258 e. The van der Waals surface area contributed by atoms with Gasteiger partial charge in [0, 0.05) is 0 Å². The quantitative estimate of drug-likeness (QED) is 0.833. The average molecular weight is 215 g/mol. The number of alkyl halides is 2. The number of nitrogens with one attached hydrogen (secondary N) is 1. The molecule has 1 rings (SSSR count). The molecule has 84 valence electrons. The van der Waals surface area contributed by atoms with Crippen molar-refractivity contribution < 1.29 is 13.5 Å². The summed E-state index contributed by atoms with van der Waals surface area (Å²) in [7, 11) is 1.52. The fourth-order valence-electron chi connectivity index (χ4n) is 1.23. The predicted octanol–water partition coefficient (Wildman–Crippen LogP) is 3.07. The molecule has 0 saturated heterocycles. The molecule has 0 aliphatic rings. The summed E-state index contributed by atoms with van der Waals surface area (Å²) in [6.45, 7) is 3.35. The van der Waals surface area contributed by atoms with Gasteiger partial charge in [0.1, 0.15) is 5.75 Å². The van der Waals surface area contributed by atoms with Crippen molar-refractivity contribution in [3.05, 3.63) is 23.8 Å². The van der Waals surface area contributed by atoms with E-state index in [0.29, 0.717) is 11.4 Å². The Morgan fingerprint density at radius 1 is 1.33 bits per heavy atom. The summed E-state index contributed by atoms with van der Waals surface area (Å²) in [5.74, 6) is 0.586. The van der Waals surface area contributed by atoms with Gasteiger partial charge in [-0.2, -0.15) is 0 Å². The van der Waals surface area contributed by atoms with Crippen LogP contribution in [0.4, 0.5) is 14.5 Å². The van der Waals surface area contributed by atoms with E-state index in [1.165, 1.54) is 14.0 Å². The van der Waals surface area contributed by atoms with E-state index in [1.54, 1.807) is 12.1 Å². The van der Waals surface area contributed by atoms with Crippen LogP contribution in [0.1, 0.15) is 12.5 Å². The molecule has 1 aromatic rings. The lowest BCUT2D eigenvalue weighted by Gasteiger charge is -2.16. The molecule has 0 aliphatic carbocycles. The molecule has 2 nitrogen and oxygen atoms in total. The number of rotatable bonds is 4. The van der Waals surface area contributed by atoms with Crippen LogP contribution >= 0.6 is 0 Å². The highest BCUT2D eigenvalue weighted by Gasteiger charge is 2.15. The minimum absolute atomic E-state index is 0.586. The number of anilines is 1. The molecular formula is C11H15F2NO. The van der Waals surface area contributed by atoms with E-state index in [0.717, 1.165) is 5.56 Å². The second-order valence-corrected chi connectivity index (χ2v) is 3.47. The number of benzene rings is 1. The molecule has 0 aliphatic heterocycles. The van der Waals surface area contributed by atoms with Gasteiger partial charge in [-0.05, 0) is 31.5 Å². The third-order valence-corrected chi connectivity index (χ3v) is 2.12. The lowest BCUT2D eigenvalue weighted by Crippen LogP contribution is -2.24. The molecule has 0 heterocycles. The van der Waals surface area contributed by atoms with Gasteiger partial charge in [-0.25, -0.2) is 8.78 Å². The molecule has 4 heteroatoms. The Hall–Kier alpha value is -1.32. The van der Waals surface area contributed by atoms with Crippen LogP contribution in [0, 0.1) is 6.92 Å². The minimum Gasteiger partial charge on any atom is -0.495 e. The SMILES string of the molecule is COc1cc(C)ccc1NC(C)C(F)F. The molecule has 0 saturated carbocycles. The van der Waals surface area contributed by atoms with Gasteiger partial charge < -0.3 is 10.1 Å². The van der Waals surface area contributed by atoms with E-state index in [1.807, 2.05) is 13.0 Å². The van der Waals surface area contributed by atoms with Gasteiger partial charge >= 0.3 is 0 Å². The van der Waals surface area contributed by atoms with Gasteiger partial charge in [0.05, 0.1) is 18.8 Å². The van der Waals surface area contributed by atoms with Crippen LogP contribution in [0.3, 0.4) is 0 Å². The van der Waals surface area contributed by atoms with E-state index in [4.69, 9.17) is 4.74 Å². The Kier molecular flexibility index (Phi) is 3.88. The van der Waals surface area contributed by atoms with E-state index in [2.05, 4.69) is 5.32 Å². The van der Waals surface area contributed by atoms with Crippen molar-refractivity contribution in [2.24, 2.45) is 0 Å². The summed E-state index contributed by atoms with van der Waals surface area (Å²) in [6, 6.07) is 4.51. The third kappa shape index (κ3) is 3.08. The topological polar surface area (TPSA) is 21.3 Å². The normalized spacial score (nSPS) is 12.7. The molecule has 0 radical (unpaired) electrons. The van der Waals surface area contributed by atoms with Crippen LogP contribution in [-0.4, -0.2) is 19.6 Å². The number of ether oxygens (including phenoxy) is 1. The molecule has 0 fully saturated rings. The molecule has 1 atom stereocenters. The Labute approximate surface area is 88.3 Å². The lowest BCUT2D eigenvalue weighted by molar-refractivity contribution is 0.130. The average Bonchev–Trinajstić information content (AvgIpc) is 2.20. The van der Waals surface area contributed by atoms with E-state index < -0.39 is 12.5 Å². The highest BCUT2D eigenvalue weighted by atomic mass is 19.3. The summed E-state index contributed by atoms with van der Waals surface area (Å²) in [5.41, 5.74) is 1.62. The molecule has 15 heavy (non-hydrogen) atoms. The van der Waals surface area contributed by atoms with Crippen molar-refractivity contribution in [3.63, 3.8) is 0 Å². The maximum atomic E-state index is 12.3. The van der Waals surface area contributed by atoms with Crippen molar-refractivity contribution in [2.45, 2.75) is 26.3 Å². The Morgan fingerprint density at radius 3 is 2.53 bits per heavy atom. The maximum absolute atomic E-state index is 12.3. The number of methoxy groups -OCH3 is 1. The number of hydrogen-bond donors (Lipinski definition) is 1. The highest BCUT2D eigenvalue weighted by molar-refractivity contribution is 5.58. The van der Waals surface area contributed by atoms with Gasteiger partial charge in [-0.3, -0.25) is 0 Å². The van der Waals surface area contributed by atoms with Crippen LogP contribution < -0.4 is 10.1 Å². The molecular weight excluding hydrogens is 200 g/mol. The molecule has 1 N–H and O–H groups in total. The third-order valence-electron chi connectivity index (χ3n) is 2.12. The Balaban J connectivity index is 2.84. The Morgan fingerprint density at radius 2 is 2.00 bits per heavy atom. The zero-order valence-electron chi connectivity index (χ0n) is 9.05. The van der Waals surface area contributed by atoms with Crippen molar-refractivity contribution in [2.75, 3.05) is 12.4 Å². The van der Waals surface area contributed by atoms with Crippen LogP contribution in [0.5, 0.6) is 5.75 Å². The first kappa shape index (κ1) is 11.8. The second-order valence-electron chi connectivity index (χ2n) is 3.47. The van der Waals surface area contributed by atoms with Crippen LogP contribution in [0.2, 0.25) is 0 Å². The summed E-state index contributed by atoms with van der Waals surface area (Å²) >= 11 is 0. The molecule has 0 aromatic heterocycles. The summed E-state index contributed by atoms with van der Waals surface area (Å²) in [6.07, 6.45) is -2.39. The first-order chi connectivity index (χ1) is 7.04. The first-order valence-corrected chi connectivity index (χ1v) is 4.74. The first-order valence-electron chi connectivity index (χ1n) is 4.74. The molecule has 1 aromatic carbocycles. The molecule has 0 spiro atoms. The minimum atomic E-state index is -2.39. The maximum Gasteiger partial charge on any atom is 0.258 e. The van der Waals surface area contributed by atoms with Crippen LogP contribution in [0.25, 0.3) is 0 Å². The monoisotopic (exact) mass is 215 g/mol. The molecule has 1 unspecified atom stereocenters. The van der Waals surface area contributed by atoms with Gasteiger partial charge in [-0.15, -0.1) is 0 Å². The largest absolute Gasteiger partial charge is 0.495 e. The van der Waals surface area contributed by atoms with E-state index >= 15 is 0 Å². The summed E-state index contributed by atoms with van der Waals surface area (Å²) in [4.78, 5) is 0. The second kappa shape index (κ2) is 4.96. The summed E-state index contributed by atoms with van der Waals surface area (Å²) in [5, 5.41) is 2.71. The Bertz CT molecular complexity index is 328. The number of halogens is 2. The van der Waals surface area contributed by atoms with Crippen LogP contribution in [-0.2, 0) is 0 Å². The number of aryl methyl sites for hydroxylation is 1. The lowest BCUT2D eigenvalue weighted by atomic mass is 10.2. The zero-order valence-corrected chi connectivity index (χ0v) is 9.05. The van der Waals surface area contributed by atoms with Gasteiger partial charge in [0.2, 0.25) is 0 Å². The highest BCUT2D eigenvalue weighted by Crippen LogP contribution is 2.26. The van der Waals surface area contributed by atoms with Gasteiger partial charge in [0.25, 0.3) is 6.43 Å². The van der Waals surface area contributed by atoms with E-state index in [9.17, 15) is 8.78 Å². The van der Waals surface area contributed by atoms with E-state index in [-0.39, 0.29) is 0 Å².